The number of rotatable bonds is 2. The van der Waals surface area contributed by atoms with E-state index >= 15 is 0 Å². The maximum atomic E-state index is 5.79. The van der Waals surface area contributed by atoms with E-state index in [1.807, 2.05) is 18.2 Å². The Kier molecular flexibility index (Phi) is 2.10. The zero-order chi connectivity index (χ0) is 9.26. The molecule has 0 aliphatic carbocycles. The number of benzene rings is 1. The van der Waals surface area contributed by atoms with Gasteiger partial charge in [0.25, 0.3) is 0 Å². The van der Waals surface area contributed by atoms with Crippen LogP contribution in [0.3, 0.4) is 0 Å². The van der Waals surface area contributed by atoms with E-state index in [1.165, 1.54) is 0 Å². The second-order valence-electron chi connectivity index (χ2n) is 2.71. The van der Waals surface area contributed by atoms with Gasteiger partial charge in [-0.25, -0.2) is 0 Å². The van der Waals surface area contributed by atoms with Crippen LogP contribution in [0, 0.1) is 0 Å². The van der Waals surface area contributed by atoms with Gasteiger partial charge in [-0.05, 0) is 11.6 Å². The second kappa shape index (κ2) is 3.26. The highest BCUT2D eigenvalue weighted by Gasteiger charge is 2.08. The number of nitrogens with one attached hydrogen (secondary N) is 1. The first kappa shape index (κ1) is 8.38. The molecule has 0 saturated heterocycles. The number of methoxy groups -OCH3 is 1. The van der Waals surface area contributed by atoms with E-state index in [9.17, 15) is 0 Å². The highest BCUT2D eigenvalue weighted by molar-refractivity contribution is 6.18. The van der Waals surface area contributed by atoms with E-state index in [1.54, 1.807) is 7.11 Å². The lowest BCUT2D eigenvalue weighted by Crippen LogP contribution is -1.85. The fraction of sp³-hybridized carbons (Fsp3) is 0.222. The molecule has 2 rings (SSSR count). The van der Waals surface area contributed by atoms with Crippen molar-refractivity contribution in [3.63, 3.8) is 0 Å². The molecule has 1 N–H and O–H groups in total. The minimum Gasteiger partial charge on any atom is -0.479 e. The summed E-state index contributed by atoms with van der Waals surface area (Å²) in [7, 11) is 1.60. The molecule has 0 amide bonds. The SMILES string of the molecule is COc1n[nH]c2cccc(CCl)c12. The monoisotopic (exact) mass is 196 g/mol. The first-order valence-electron chi connectivity index (χ1n) is 3.92. The fourth-order valence-electron chi connectivity index (χ4n) is 1.37. The average molecular weight is 197 g/mol. The van der Waals surface area contributed by atoms with E-state index in [2.05, 4.69) is 10.2 Å². The molecule has 0 aliphatic heterocycles. The number of fused-ring (bicyclic) bond motifs is 1. The molecule has 1 aromatic heterocycles. The Morgan fingerprint density at radius 3 is 3.08 bits per heavy atom. The third kappa shape index (κ3) is 1.25. The largest absolute Gasteiger partial charge is 0.479 e. The molecular formula is C9H9ClN2O. The van der Waals surface area contributed by atoms with Crippen molar-refractivity contribution < 1.29 is 4.74 Å². The molecule has 4 heteroatoms. The molecule has 0 aliphatic rings. The Labute approximate surface area is 80.7 Å². The van der Waals surface area contributed by atoms with Crippen molar-refractivity contribution in [2.45, 2.75) is 5.88 Å². The zero-order valence-corrected chi connectivity index (χ0v) is 7.93. The highest BCUT2D eigenvalue weighted by atomic mass is 35.5. The van der Waals surface area contributed by atoms with Crippen molar-refractivity contribution in [3.8, 4) is 5.88 Å². The Balaban J connectivity index is 2.76. The number of hydrogen-bond donors (Lipinski definition) is 1. The number of alkyl halides is 1. The molecule has 2 aromatic rings. The van der Waals surface area contributed by atoms with Gasteiger partial charge >= 0.3 is 0 Å². The van der Waals surface area contributed by atoms with Gasteiger partial charge in [0.1, 0.15) is 0 Å². The summed E-state index contributed by atoms with van der Waals surface area (Å²) in [5.41, 5.74) is 1.99. The smallest absolute Gasteiger partial charge is 0.240 e. The number of hydrogen-bond acceptors (Lipinski definition) is 2. The van der Waals surface area contributed by atoms with Crippen LogP contribution in [0.1, 0.15) is 5.56 Å². The van der Waals surface area contributed by atoms with E-state index in [-0.39, 0.29) is 0 Å². The van der Waals surface area contributed by atoms with Crippen LogP contribution in [-0.4, -0.2) is 17.3 Å². The molecule has 13 heavy (non-hydrogen) atoms. The third-order valence-electron chi connectivity index (χ3n) is 1.98. The first-order chi connectivity index (χ1) is 6.36. The lowest BCUT2D eigenvalue weighted by molar-refractivity contribution is 0.401. The van der Waals surface area contributed by atoms with Gasteiger partial charge in [0.05, 0.1) is 18.0 Å². The highest BCUT2D eigenvalue weighted by Crippen LogP contribution is 2.26. The van der Waals surface area contributed by atoms with Crippen molar-refractivity contribution in [3.05, 3.63) is 23.8 Å². The summed E-state index contributed by atoms with van der Waals surface area (Å²) >= 11 is 5.79. The van der Waals surface area contributed by atoms with Gasteiger partial charge in [0, 0.05) is 5.88 Å². The number of ether oxygens (including phenoxy) is 1. The van der Waals surface area contributed by atoms with Crippen LogP contribution in [0.15, 0.2) is 18.2 Å². The standard InChI is InChI=1S/C9H9ClN2O/c1-13-9-8-6(5-10)3-2-4-7(8)11-12-9/h2-4H,5H2,1H3,(H,11,12). The zero-order valence-electron chi connectivity index (χ0n) is 7.17. The lowest BCUT2D eigenvalue weighted by Gasteiger charge is -1.99. The Bertz CT molecular complexity index is 424. The van der Waals surface area contributed by atoms with Crippen LogP contribution in [-0.2, 0) is 5.88 Å². The van der Waals surface area contributed by atoms with E-state index in [0.29, 0.717) is 11.8 Å². The van der Waals surface area contributed by atoms with E-state index < -0.39 is 0 Å². The molecule has 0 unspecified atom stereocenters. The molecular weight excluding hydrogens is 188 g/mol. The Morgan fingerprint density at radius 1 is 1.54 bits per heavy atom. The minimum absolute atomic E-state index is 0.466. The van der Waals surface area contributed by atoms with Crippen LogP contribution in [0.25, 0.3) is 10.9 Å². The number of aromatic amines is 1. The summed E-state index contributed by atoms with van der Waals surface area (Å²) in [6.07, 6.45) is 0. The van der Waals surface area contributed by atoms with Gasteiger partial charge in [-0.1, -0.05) is 12.1 Å². The second-order valence-corrected chi connectivity index (χ2v) is 2.97. The van der Waals surface area contributed by atoms with Gasteiger partial charge in [-0.15, -0.1) is 16.7 Å². The molecule has 0 atom stereocenters. The van der Waals surface area contributed by atoms with Crippen LogP contribution >= 0.6 is 11.6 Å². The molecule has 0 spiro atoms. The van der Waals surface area contributed by atoms with Crippen molar-refractivity contribution in [1.29, 1.82) is 0 Å². The van der Waals surface area contributed by atoms with E-state index in [0.717, 1.165) is 16.5 Å². The van der Waals surface area contributed by atoms with Crippen molar-refractivity contribution >= 4 is 22.5 Å². The Morgan fingerprint density at radius 2 is 2.38 bits per heavy atom. The molecule has 0 radical (unpaired) electrons. The van der Waals surface area contributed by atoms with Crippen molar-refractivity contribution in [2.24, 2.45) is 0 Å². The number of aromatic nitrogens is 2. The number of halogens is 1. The van der Waals surface area contributed by atoms with Crippen LogP contribution in [0.2, 0.25) is 0 Å². The molecule has 0 saturated carbocycles. The summed E-state index contributed by atoms with van der Waals surface area (Å²) in [6.45, 7) is 0. The van der Waals surface area contributed by atoms with Crippen LogP contribution in [0.5, 0.6) is 5.88 Å². The molecule has 1 aromatic carbocycles. The predicted octanol–water partition coefficient (Wildman–Crippen LogP) is 2.31. The van der Waals surface area contributed by atoms with Crippen LogP contribution in [0.4, 0.5) is 0 Å². The van der Waals surface area contributed by atoms with Gasteiger partial charge in [-0.3, -0.25) is 5.10 Å². The maximum absolute atomic E-state index is 5.79. The van der Waals surface area contributed by atoms with Gasteiger partial charge in [0.15, 0.2) is 0 Å². The normalized spacial score (nSPS) is 10.6. The van der Waals surface area contributed by atoms with Gasteiger partial charge in [0.2, 0.25) is 5.88 Å². The minimum atomic E-state index is 0.466. The molecule has 1 heterocycles. The average Bonchev–Trinajstić information content (AvgIpc) is 2.60. The van der Waals surface area contributed by atoms with Crippen LogP contribution < -0.4 is 4.74 Å². The molecule has 0 fully saturated rings. The fourth-order valence-corrected chi connectivity index (χ4v) is 1.59. The first-order valence-corrected chi connectivity index (χ1v) is 4.46. The number of nitrogens with zero attached hydrogens (tertiary/aromatic N) is 1. The maximum Gasteiger partial charge on any atom is 0.240 e. The molecule has 3 nitrogen and oxygen atoms in total. The quantitative estimate of drug-likeness (QED) is 0.749. The topological polar surface area (TPSA) is 37.9 Å². The van der Waals surface area contributed by atoms with Crippen molar-refractivity contribution in [1.82, 2.24) is 10.2 Å². The molecule has 68 valence electrons. The summed E-state index contributed by atoms with van der Waals surface area (Å²) < 4.78 is 5.11. The van der Waals surface area contributed by atoms with Crippen molar-refractivity contribution in [2.75, 3.05) is 7.11 Å². The lowest BCUT2D eigenvalue weighted by atomic mass is 10.1. The third-order valence-corrected chi connectivity index (χ3v) is 2.27. The van der Waals surface area contributed by atoms with E-state index in [4.69, 9.17) is 16.3 Å². The summed E-state index contributed by atoms with van der Waals surface area (Å²) in [6, 6.07) is 5.85. The Hall–Kier alpha value is -1.22. The summed E-state index contributed by atoms with van der Waals surface area (Å²) in [5, 5.41) is 7.87. The molecule has 0 bridgehead atoms. The van der Waals surface area contributed by atoms with Gasteiger partial charge < -0.3 is 4.74 Å². The summed E-state index contributed by atoms with van der Waals surface area (Å²) in [4.78, 5) is 0. The van der Waals surface area contributed by atoms with Gasteiger partial charge in [-0.2, -0.15) is 0 Å². The number of H-pyrrole nitrogens is 1. The predicted molar refractivity (Wildman–Crippen MR) is 52.2 cm³/mol. The summed E-state index contributed by atoms with van der Waals surface area (Å²) in [5.74, 6) is 1.07.